The number of fused-ring (bicyclic) bond motifs is 6. The number of hydrogen-bond acceptors (Lipinski definition) is 1. The number of carbonyl (C=O) groups excluding carboxylic acids is 1. The first-order chi connectivity index (χ1) is 8.84. The molecule has 0 amide bonds. The Labute approximate surface area is 105 Å². The van der Waals surface area contributed by atoms with Gasteiger partial charge in [0.2, 0.25) is 0 Å². The predicted octanol–water partition coefficient (Wildman–Crippen LogP) is 3.66. The van der Waals surface area contributed by atoms with Crippen molar-refractivity contribution in [1.29, 1.82) is 0 Å². The highest BCUT2D eigenvalue weighted by molar-refractivity contribution is 6.14. The molecule has 0 aliphatic heterocycles. The van der Waals surface area contributed by atoms with Gasteiger partial charge in [-0.2, -0.15) is 0 Å². The van der Waals surface area contributed by atoms with Crippen LogP contribution < -0.4 is 0 Å². The molecule has 3 aromatic rings. The number of ketones is 1. The van der Waals surface area contributed by atoms with E-state index in [1.54, 1.807) is 0 Å². The molecule has 1 aliphatic carbocycles. The van der Waals surface area contributed by atoms with Crippen LogP contribution in [0.2, 0.25) is 0 Å². The summed E-state index contributed by atoms with van der Waals surface area (Å²) < 4.78 is 0. The maximum Gasteiger partial charge on any atom is 0.141 e. The zero-order chi connectivity index (χ0) is 12.1. The van der Waals surface area contributed by atoms with E-state index >= 15 is 0 Å². The van der Waals surface area contributed by atoms with E-state index in [2.05, 4.69) is 48.5 Å². The second-order valence-corrected chi connectivity index (χ2v) is 4.94. The standard InChI is InChI=1S/C17H12O/c18-11-9-16-14-7-3-1-5-12(14)13-6-2-4-8-15(13)17(16)10-11/h1-8H,9-10H2. The molecule has 0 heterocycles. The maximum atomic E-state index is 11.8. The van der Waals surface area contributed by atoms with E-state index in [1.807, 2.05) is 0 Å². The van der Waals surface area contributed by atoms with Gasteiger partial charge in [0, 0.05) is 12.8 Å². The number of benzene rings is 3. The quantitative estimate of drug-likeness (QED) is 0.540. The third-order valence-electron chi connectivity index (χ3n) is 3.91. The Morgan fingerprint density at radius 3 is 1.44 bits per heavy atom. The average Bonchev–Trinajstić information content (AvgIpc) is 2.81. The molecule has 0 spiro atoms. The van der Waals surface area contributed by atoms with Gasteiger partial charge in [-0.3, -0.25) is 4.79 Å². The summed E-state index contributed by atoms with van der Waals surface area (Å²) in [4.78, 5) is 11.8. The van der Waals surface area contributed by atoms with Crippen molar-refractivity contribution in [3.8, 4) is 0 Å². The minimum Gasteiger partial charge on any atom is -0.299 e. The molecule has 0 bridgehead atoms. The Kier molecular flexibility index (Phi) is 1.87. The van der Waals surface area contributed by atoms with Gasteiger partial charge in [0.05, 0.1) is 0 Å². The second kappa shape index (κ2) is 3.42. The SMILES string of the molecule is O=C1Cc2c(c3ccccc3c3ccccc23)C1. The fourth-order valence-electron chi connectivity index (χ4n) is 3.15. The molecule has 0 unspecified atom stereocenters. The Balaban J connectivity index is 2.31. The number of hydrogen-bond donors (Lipinski definition) is 0. The summed E-state index contributed by atoms with van der Waals surface area (Å²) in [6.45, 7) is 0. The minimum atomic E-state index is 0.339. The number of rotatable bonds is 0. The molecule has 86 valence electrons. The van der Waals surface area contributed by atoms with E-state index in [-0.39, 0.29) is 0 Å². The summed E-state index contributed by atoms with van der Waals surface area (Å²) in [5.74, 6) is 0.339. The lowest BCUT2D eigenvalue weighted by atomic mass is 9.93. The normalized spacial score (nSPS) is 14.3. The highest BCUT2D eigenvalue weighted by atomic mass is 16.1. The van der Waals surface area contributed by atoms with Gasteiger partial charge in [-0.1, -0.05) is 48.5 Å². The Morgan fingerprint density at radius 1 is 0.611 bits per heavy atom. The summed E-state index contributed by atoms with van der Waals surface area (Å²) in [6.07, 6.45) is 1.20. The van der Waals surface area contributed by atoms with E-state index in [4.69, 9.17) is 0 Å². The summed E-state index contributed by atoms with van der Waals surface area (Å²) in [5, 5.41) is 5.03. The smallest absolute Gasteiger partial charge is 0.141 e. The minimum absolute atomic E-state index is 0.339. The van der Waals surface area contributed by atoms with Gasteiger partial charge in [-0.25, -0.2) is 0 Å². The van der Waals surface area contributed by atoms with Crippen LogP contribution in [0.1, 0.15) is 11.1 Å². The lowest BCUT2D eigenvalue weighted by Crippen LogP contribution is -1.92. The molecule has 4 rings (SSSR count). The van der Waals surface area contributed by atoms with Crippen LogP contribution in [0, 0.1) is 0 Å². The summed E-state index contributed by atoms with van der Waals surface area (Å²) in [5.41, 5.74) is 2.49. The van der Waals surface area contributed by atoms with Crippen molar-refractivity contribution >= 4 is 27.3 Å². The van der Waals surface area contributed by atoms with E-state index < -0.39 is 0 Å². The Hall–Kier alpha value is -2.15. The van der Waals surface area contributed by atoms with E-state index in [0.717, 1.165) is 0 Å². The van der Waals surface area contributed by atoms with Crippen LogP contribution >= 0.6 is 0 Å². The molecule has 0 fully saturated rings. The van der Waals surface area contributed by atoms with E-state index in [9.17, 15) is 4.79 Å². The highest BCUT2D eigenvalue weighted by Gasteiger charge is 2.23. The number of Topliss-reactive ketones (excluding diaryl/α,β-unsaturated/α-hetero) is 1. The van der Waals surface area contributed by atoms with Crippen LogP contribution in [-0.2, 0) is 17.6 Å². The zero-order valence-corrected chi connectivity index (χ0v) is 9.94. The fraction of sp³-hybridized carbons (Fsp3) is 0.118. The van der Waals surface area contributed by atoms with Gasteiger partial charge in [0.15, 0.2) is 0 Å². The van der Waals surface area contributed by atoms with Crippen LogP contribution in [0.25, 0.3) is 21.5 Å². The predicted molar refractivity (Wildman–Crippen MR) is 73.9 cm³/mol. The zero-order valence-electron chi connectivity index (χ0n) is 9.94. The van der Waals surface area contributed by atoms with Crippen molar-refractivity contribution in [3.63, 3.8) is 0 Å². The first-order valence-corrected chi connectivity index (χ1v) is 6.27. The van der Waals surface area contributed by atoms with Gasteiger partial charge in [0.25, 0.3) is 0 Å². The summed E-state index contributed by atoms with van der Waals surface area (Å²) in [6, 6.07) is 16.8. The molecule has 18 heavy (non-hydrogen) atoms. The van der Waals surface area contributed by atoms with Gasteiger partial charge in [0.1, 0.15) is 5.78 Å². The van der Waals surface area contributed by atoms with E-state index in [0.29, 0.717) is 18.6 Å². The second-order valence-electron chi connectivity index (χ2n) is 4.94. The van der Waals surface area contributed by atoms with Crippen molar-refractivity contribution in [1.82, 2.24) is 0 Å². The lowest BCUT2D eigenvalue weighted by molar-refractivity contribution is -0.117. The molecule has 1 heteroatoms. The molecular formula is C17H12O. The fourth-order valence-corrected chi connectivity index (χ4v) is 3.15. The van der Waals surface area contributed by atoms with Crippen LogP contribution in [-0.4, -0.2) is 5.78 Å². The molecule has 0 atom stereocenters. The summed E-state index contributed by atoms with van der Waals surface area (Å²) in [7, 11) is 0. The third-order valence-corrected chi connectivity index (χ3v) is 3.91. The van der Waals surface area contributed by atoms with Gasteiger partial charge in [-0.15, -0.1) is 0 Å². The van der Waals surface area contributed by atoms with Crippen LogP contribution in [0.15, 0.2) is 48.5 Å². The molecule has 1 aliphatic rings. The molecule has 0 N–H and O–H groups in total. The Bertz CT molecular complexity index is 732. The van der Waals surface area contributed by atoms with Crippen molar-refractivity contribution in [2.45, 2.75) is 12.8 Å². The molecule has 0 radical (unpaired) electrons. The third kappa shape index (κ3) is 1.19. The maximum absolute atomic E-state index is 11.8. The largest absolute Gasteiger partial charge is 0.299 e. The highest BCUT2D eigenvalue weighted by Crippen LogP contribution is 2.36. The van der Waals surface area contributed by atoms with E-state index in [1.165, 1.54) is 32.7 Å². The Morgan fingerprint density at radius 2 is 1.00 bits per heavy atom. The van der Waals surface area contributed by atoms with Crippen LogP contribution in [0.5, 0.6) is 0 Å². The van der Waals surface area contributed by atoms with Crippen LogP contribution in [0.4, 0.5) is 0 Å². The van der Waals surface area contributed by atoms with Gasteiger partial charge >= 0.3 is 0 Å². The lowest BCUT2D eigenvalue weighted by Gasteiger charge is -2.10. The number of carbonyl (C=O) groups is 1. The molecule has 1 nitrogen and oxygen atoms in total. The molecular weight excluding hydrogens is 220 g/mol. The molecule has 3 aromatic carbocycles. The van der Waals surface area contributed by atoms with Crippen molar-refractivity contribution in [2.75, 3.05) is 0 Å². The molecule has 0 aromatic heterocycles. The average molecular weight is 232 g/mol. The van der Waals surface area contributed by atoms with Crippen molar-refractivity contribution in [3.05, 3.63) is 59.7 Å². The van der Waals surface area contributed by atoms with Crippen LogP contribution in [0.3, 0.4) is 0 Å². The molecule has 0 saturated carbocycles. The van der Waals surface area contributed by atoms with Gasteiger partial charge in [-0.05, 0) is 32.7 Å². The van der Waals surface area contributed by atoms with Crippen molar-refractivity contribution < 1.29 is 4.79 Å². The van der Waals surface area contributed by atoms with Gasteiger partial charge < -0.3 is 0 Å². The first-order valence-electron chi connectivity index (χ1n) is 6.27. The topological polar surface area (TPSA) is 17.1 Å². The monoisotopic (exact) mass is 232 g/mol. The first kappa shape index (κ1) is 9.84. The van der Waals surface area contributed by atoms with Crippen molar-refractivity contribution in [2.24, 2.45) is 0 Å². The summed E-state index contributed by atoms with van der Waals surface area (Å²) >= 11 is 0. The molecule has 0 saturated heterocycles.